The first-order valence-corrected chi connectivity index (χ1v) is 5.07. The molecule has 1 N–H and O–H groups in total. The lowest BCUT2D eigenvalue weighted by molar-refractivity contribution is 0.627. The third-order valence-corrected chi connectivity index (χ3v) is 2.52. The molecule has 0 fully saturated rings. The topological polar surface area (TPSA) is 50.7 Å². The van der Waals surface area contributed by atoms with Gasteiger partial charge in [-0.15, -0.1) is 0 Å². The molecule has 0 saturated heterocycles. The summed E-state index contributed by atoms with van der Waals surface area (Å²) in [5, 5.41) is 4.99. The van der Waals surface area contributed by atoms with Crippen molar-refractivity contribution in [2.75, 3.05) is 0 Å². The summed E-state index contributed by atoms with van der Waals surface area (Å²) in [5.41, 5.74) is 1.11. The number of hydrogen-bond donors (Lipinski definition) is 1. The lowest BCUT2D eigenvalue weighted by Gasteiger charge is -2.02. The van der Waals surface area contributed by atoms with Gasteiger partial charge in [-0.25, -0.2) is 9.07 Å². The van der Waals surface area contributed by atoms with Gasteiger partial charge < -0.3 is 4.98 Å². The van der Waals surface area contributed by atoms with Crippen LogP contribution < -0.4 is 5.56 Å². The number of nitrogens with zero attached hydrogens (tertiary/aromatic N) is 2. The lowest BCUT2D eigenvalue weighted by Crippen LogP contribution is -2.06. The van der Waals surface area contributed by atoms with Crippen molar-refractivity contribution < 1.29 is 4.39 Å². The number of fused-ring (bicyclic) bond motifs is 1. The van der Waals surface area contributed by atoms with E-state index in [4.69, 9.17) is 0 Å². The van der Waals surface area contributed by atoms with Gasteiger partial charge in [0.1, 0.15) is 11.5 Å². The number of pyridine rings is 1. The van der Waals surface area contributed by atoms with Crippen molar-refractivity contribution in [2.24, 2.45) is 0 Å². The minimum Gasteiger partial charge on any atom is -0.306 e. The van der Waals surface area contributed by atoms with Crippen LogP contribution >= 0.6 is 0 Å². The van der Waals surface area contributed by atoms with Crippen LogP contribution in [0, 0.1) is 5.82 Å². The summed E-state index contributed by atoms with van der Waals surface area (Å²) in [5.74, 6) is -0.307. The molecule has 5 heteroatoms. The van der Waals surface area contributed by atoms with E-state index in [1.807, 2.05) is 0 Å². The lowest BCUT2D eigenvalue weighted by atomic mass is 10.3. The van der Waals surface area contributed by atoms with E-state index < -0.39 is 0 Å². The smallest absolute Gasteiger partial charge is 0.249 e. The van der Waals surface area contributed by atoms with Crippen molar-refractivity contribution in [3.8, 4) is 5.69 Å². The SMILES string of the molecule is O=c1ccc2cnn(-c3ccc(F)cc3)c2[nH]1. The third-order valence-electron chi connectivity index (χ3n) is 2.52. The molecular formula is C12H8FN3O. The van der Waals surface area contributed by atoms with Crippen LogP contribution in [0.5, 0.6) is 0 Å². The summed E-state index contributed by atoms with van der Waals surface area (Å²) in [6.07, 6.45) is 1.65. The molecule has 84 valence electrons. The van der Waals surface area contributed by atoms with Gasteiger partial charge in [0.05, 0.1) is 11.9 Å². The second-order valence-electron chi connectivity index (χ2n) is 3.66. The van der Waals surface area contributed by atoms with Crippen LogP contribution in [0.3, 0.4) is 0 Å². The minimum atomic E-state index is -0.307. The fourth-order valence-corrected chi connectivity index (χ4v) is 1.71. The van der Waals surface area contributed by atoms with Crippen LogP contribution in [0.1, 0.15) is 0 Å². The molecule has 0 saturated carbocycles. The van der Waals surface area contributed by atoms with Gasteiger partial charge in [0, 0.05) is 11.5 Å². The average Bonchev–Trinajstić information content (AvgIpc) is 2.73. The highest BCUT2D eigenvalue weighted by atomic mass is 19.1. The molecule has 0 aliphatic carbocycles. The molecule has 0 spiro atoms. The number of nitrogens with one attached hydrogen (secondary N) is 1. The van der Waals surface area contributed by atoms with Crippen molar-refractivity contribution in [3.05, 3.63) is 58.8 Å². The van der Waals surface area contributed by atoms with E-state index in [-0.39, 0.29) is 11.4 Å². The zero-order chi connectivity index (χ0) is 11.8. The molecule has 4 nitrogen and oxygen atoms in total. The Kier molecular flexibility index (Phi) is 2.04. The first-order chi connectivity index (χ1) is 8.24. The first-order valence-electron chi connectivity index (χ1n) is 5.07. The van der Waals surface area contributed by atoms with Gasteiger partial charge in [-0.05, 0) is 30.3 Å². The summed E-state index contributed by atoms with van der Waals surface area (Å²) < 4.78 is 14.4. The normalized spacial score (nSPS) is 10.9. The summed E-state index contributed by atoms with van der Waals surface area (Å²) >= 11 is 0. The van der Waals surface area contributed by atoms with Crippen LogP contribution in [-0.4, -0.2) is 14.8 Å². The van der Waals surface area contributed by atoms with Gasteiger partial charge in [-0.3, -0.25) is 4.79 Å². The minimum absolute atomic E-state index is 0.193. The Labute approximate surface area is 95.3 Å². The van der Waals surface area contributed by atoms with Crippen molar-refractivity contribution >= 4 is 11.0 Å². The summed E-state index contributed by atoms with van der Waals surface area (Å²) in [4.78, 5) is 14.0. The van der Waals surface area contributed by atoms with Gasteiger partial charge in [0.25, 0.3) is 0 Å². The number of aromatic amines is 1. The molecule has 0 aliphatic heterocycles. The number of rotatable bonds is 1. The highest BCUT2D eigenvalue weighted by molar-refractivity contribution is 5.75. The molecule has 0 amide bonds. The van der Waals surface area contributed by atoms with Gasteiger partial charge in [-0.2, -0.15) is 5.10 Å². The van der Waals surface area contributed by atoms with E-state index in [2.05, 4.69) is 10.1 Å². The van der Waals surface area contributed by atoms with Crippen LogP contribution in [0.15, 0.2) is 47.4 Å². The predicted molar refractivity (Wildman–Crippen MR) is 61.6 cm³/mol. The van der Waals surface area contributed by atoms with Crippen LogP contribution in [0.2, 0.25) is 0 Å². The third kappa shape index (κ3) is 1.61. The van der Waals surface area contributed by atoms with Crippen LogP contribution in [-0.2, 0) is 0 Å². The molecule has 2 aromatic heterocycles. The van der Waals surface area contributed by atoms with E-state index in [0.29, 0.717) is 11.3 Å². The van der Waals surface area contributed by atoms with Crippen LogP contribution in [0.25, 0.3) is 16.7 Å². The fraction of sp³-hybridized carbons (Fsp3) is 0. The first kappa shape index (κ1) is 9.77. The molecule has 0 unspecified atom stereocenters. The molecule has 3 aromatic rings. The maximum Gasteiger partial charge on any atom is 0.249 e. The van der Waals surface area contributed by atoms with Crippen molar-refractivity contribution in [1.29, 1.82) is 0 Å². The second kappa shape index (κ2) is 3.55. The maximum absolute atomic E-state index is 12.8. The van der Waals surface area contributed by atoms with E-state index in [9.17, 15) is 9.18 Å². The zero-order valence-electron chi connectivity index (χ0n) is 8.72. The molecule has 3 rings (SSSR count). The van der Waals surface area contributed by atoms with Gasteiger partial charge in [0.2, 0.25) is 5.56 Å². The number of halogens is 1. The largest absolute Gasteiger partial charge is 0.306 e. The van der Waals surface area contributed by atoms with Gasteiger partial charge in [-0.1, -0.05) is 0 Å². The Balaban J connectivity index is 2.27. The Morgan fingerprint density at radius 3 is 2.65 bits per heavy atom. The summed E-state index contributed by atoms with van der Waals surface area (Å²) in [6.45, 7) is 0. The monoisotopic (exact) mass is 229 g/mol. The number of benzene rings is 1. The summed E-state index contributed by atoms with van der Waals surface area (Å²) in [7, 11) is 0. The van der Waals surface area contributed by atoms with E-state index in [1.54, 1.807) is 29.1 Å². The van der Waals surface area contributed by atoms with E-state index >= 15 is 0 Å². The molecule has 2 heterocycles. The average molecular weight is 229 g/mol. The Morgan fingerprint density at radius 2 is 1.88 bits per heavy atom. The van der Waals surface area contributed by atoms with E-state index in [0.717, 1.165) is 5.39 Å². The fourth-order valence-electron chi connectivity index (χ4n) is 1.71. The zero-order valence-corrected chi connectivity index (χ0v) is 8.72. The van der Waals surface area contributed by atoms with Gasteiger partial charge >= 0.3 is 0 Å². The predicted octanol–water partition coefficient (Wildman–Crippen LogP) is 1.85. The molecule has 0 aliphatic rings. The maximum atomic E-state index is 12.8. The summed E-state index contributed by atoms with van der Waals surface area (Å²) in [6, 6.07) is 9.05. The molecule has 1 aromatic carbocycles. The van der Waals surface area contributed by atoms with Gasteiger partial charge in [0.15, 0.2) is 0 Å². The quantitative estimate of drug-likeness (QED) is 0.692. The van der Waals surface area contributed by atoms with Crippen molar-refractivity contribution in [1.82, 2.24) is 14.8 Å². The van der Waals surface area contributed by atoms with E-state index in [1.165, 1.54) is 18.2 Å². The molecule has 0 bridgehead atoms. The number of aromatic nitrogens is 3. The van der Waals surface area contributed by atoms with Crippen molar-refractivity contribution in [3.63, 3.8) is 0 Å². The molecule has 0 radical (unpaired) electrons. The highest BCUT2D eigenvalue weighted by Gasteiger charge is 2.05. The number of hydrogen-bond acceptors (Lipinski definition) is 2. The highest BCUT2D eigenvalue weighted by Crippen LogP contribution is 2.14. The Morgan fingerprint density at radius 1 is 1.12 bits per heavy atom. The molecule has 17 heavy (non-hydrogen) atoms. The van der Waals surface area contributed by atoms with Crippen LogP contribution in [0.4, 0.5) is 4.39 Å². The van der Waals surface area contributed by atoms with Crippen molar-refractivity contribution in [2.45, 2.75) is 0 Å². The number of H-pyrrole nitrogens is 1. The molecular weight excluding hydrogens is 221 g/mol. The Bertz CT molecular complexity index is 727. The molecule has 0 atom stereocenters. The Hall–Kier alpha value is -2.43. The second-order valence-corrected chi connectivity index (χ2v) is 3.66. The standard InChI is InChI=1S/C12H8FN3O/c13-9-2-4-10(5-3-9)16-12-8(7-14-16)1-6-11(17)15-12/h1-7H,(H,15,17).